The summed E-state index contributed by atoms with van der Waals surface area (Å²) in [4.78, 5) is 17.2. The van der Waals surface area contributed by atoms with Crippen LogP contribution in [0, 0.1) is 11.3 Å². The maximum atomic E-state index is 13.1. The molecule has 0 aliphatic carbocycles. The fraction of sp³-hybridized carbons (Fsp3) is 0.458. The molecule has 1 N–H and O–H groups in total. The molecule has 1 amide bonds. The van der Waals surface area contributed by atoms with Gasteiger partial charge in [-0.3, -0.25) is 9.78 Å². The van der Waals surface area contributed by atoms with E-state index in [0.717, 1.165) is 5.56 Å². The second kappa shape index (κ2) is 8.10. The van der Waals surface area contributed by atoms with E-state index in [9.17, 15) is 10.1 Å². The summed E-state index contributed by atoms with van der Waals surface area (Å²) in [7, 11) is -2.21. The molecule has 1 aliphatic rings. The number of pyridine rings is 1. The Morgan fingerprint density at radius 2 is 2.00 bits per heavy atom. The number of hydrogen-bond acceptors (Lipinski definition) is 5. The van der Waals surface area contributed by atoms with Crippen LogP contribution < -0.4 is 10.1 Å². The van der Waals surface area contributed by atoms with E-state index in [4.69, 9.17) is 9.16 Å². The molecule has 0 saturated carbocycles. The average Bonchev–Trinajstić information content (AvgIpc) is 2.69. The lowest BCUT2D eigenvalue weighted by Crippen LogP contribution is -2.59. The molecule has 6 nitrogen and oxygen atoms in total. The first kappa shape index (κ1) is 23.0. The van der Waals surface area contributed by atoms with Crippen LogP contribution >= 0.6 is 0 Å². The molecule has 1 aliphatic heterocycles. The highest BCUT2D eigenvalue weighted by molar-refractivity contribution is 6.74. The average molecular weight is 438 g/mol. The summed E-state index contributed by atoms with van der Waals surface area (Å²) < 4.78 is 13.2. The predicted octanol–water partition coefficient (Wildman–Crippen LogP) is 4.99. The van der Waals surface area contributed by atoms with Crippen LogP contribution in [0.4, 0.5) is 0 Å². The highest BCUT2D eigenvalue weighted by Gasteiger charge is 2.50. The molecule has 3 rings (SSSR count). The number of hydrogen-bond donors (Lipinski definition) is 1. The molecule has 7 heteroatoms. The number of benzene rings is 1. The highest BCUT2D eigenvalue weighted by Crippen LogP contribution is 2.46. The summed E-state index contributed by atoms with van der Waals surface area (Å²) in [6.07, 6.45) is 2.73. The van der Waals surface area contributed by atoms with Crippen LogP contribution in [0.3, 0.4) is 0 Å². The van der Waals surface area contributed by atoms with E-state index in [1.54, 1.807) is 36.5 Å². The minimum Gasteiger partial charge on any atom is -0.485 e. The number of nitrogens with one attached hydrogen (secondary N) is 1. The van der Waals surface area contributed by atoms with Gasteiger partial charge < -0.3 is 14.5 Å². The lowest BCUT2D eigenvalue weighted by Gasteiger charge is -2.49. The van der Waals surface area contributed by atoms with Gasteiger partial charge in [-0.15, -0.1) is 0 Å². The van der Waals surface area contributed by atoms with Gasteiger partial charge in [-0.1, -0.05) is 20.8 Å². The standard InChI is InChI=1S/C24H31N3O3Si/c1-23(2,3)31(6,7)30-21-20(27-22(28)17-9-8-12-26-15-17)18-13-16(14-25)10-11-19(18)29-24(21,4)5/h8-13,15,20-21H,1-7H3,(H,27,28). The van der Waals surface area contributed by atoms with Crippen molar-refractivity contribution in [1.29, 1.82) is 5.26 Å². The lowest BCUT2D eigenvalue weighted by atomic mass is 9.85. The number of amides is 1. The summed E-state index contributed by atoms with van der Waals surface area (Å²) in [5.74, 6) is 0.406. The molecule has 0 bridgehead atoms. The molecule has 0 fully saturated rings. The van der Waals surface area contributed by atoms with Crippen LogP contribution in [0.15, 0.2) is 42.7 Å². The van der Waals surface area contributed by atoms with Gasteiger partial charge in [0.15, 0.2) is 8.32 Å². The quantitative estimate of drug-likeness (QED) is 0.682. The third-order valence-electron chi connectivity index (χ3n) is 6.27. The van der Waals surface area contributed by atoms with Crippen molar-refractivity contribution in [2.45, 2.75) is 70.5 Å². The van der Waals surface area contributed by atoms with Crippen molar-refractivity contribution in [3.8, 4) is 11.8 Å². The van der Waals surface area contributed by atoms with Gasteiger partial charge in [0.05, 0.1) is 23.2 Å². The van der Waals surface area contributed by atoms with Crippen LogP contribution in [0.25, 0.3) is 0 Å². The van der Waals surface area contributed by atoms with Crippen LogP contribution in [0.5, 0.6) is 5.75 Å². The maximum Gasteiger partial charge on any atom is 0.253 e. The van der Waals surface area contributed by atoms with Crippen molar-refractivity contribution in [3.05, 3.63) is 59.4 Å². The minimum absolute atomic E-state index is 0.0181. The molecule has 0 saturated heterocycles. The Labute approximate surface area is 185 Å². The van der Waals surface area contributed by atoms with Gasteiger partial charge in [-0.05, 0) is 62.3 Å². The summed E-state index contributed by atoms with van der Waals surface area (Å²) in [6.45, 7) is 14.9. The zero-order chi connectivity index (χ0) is 23.0. The molecule has 1 aromatic heterocycles. The van der Waals surface area contributed by atoms with Crippen molar-refractivity contribution in [3.63, 3.8) is 0 Å². The largest absolute Gasteiger partial charge is 0.485 e. The van der Waals surface area contributed by atoms with E-state index in [1.165, 1.54) is 6.20 Å². The number of carbonyl (C=O) groups is 1. The Balaban J connectivity index is 2.09. The van der Waals surface area contributed by atoms with Crippen molar-refractivity contribution in [2.24, 2.45) is 0 Å². The fourth-order valence-electron chi connectivity index (χ4n) is 3.44. The molecule has 164 valence electrons. The third kappa shape index (κ3) is 4.65. The Kier molecular flexibility index (Phi) is 6.00. The number of aromatic nitrogens is 1. The topological polar surface area (TPSA) is 84.2 Å². The number of nitriles is 1. The smallest absolute Gasteiger partial charge is 0.253 e. The first-order valence-electron chi connectivity index (χ1n) is 10.5. The third-order valence-corrected chi connectivity index (χ3v) is 10.7. The second-order valence-corrected chi connectivity index (χ2v) is 14.8. The number of nitrogens with zero attached hydrogens (tertiary/aromatic N) is 2. The van der Waals surface area contributed by atoms with Crippen molar-refractivity contribution in [1.82, 2.24) is 10.3 Å². The molecule has 0 radical (unpaired) electrons. The summed E-state index contributed by atoms with van der Waals surface area (Å²) in [6, 6.07) is 10.5. The van der Waals surface area contributed by atoms with Gasteiger partial charge >= 0.3 is 0 Å². The van der Waals surface area contributed by atoms with Crippen molar-refractivity contribution < 1.29 is 14.0 Å². The number of ether oxygens (including phenoxy) is 1. The van der Waals surface area contributed by atoms with E-state index >= 15 is 0 Å². The molecule has 2 heterocycles. The van der Waals surface area contributed by atoms with E-state index < -0.39 is 26.1 Å². The van der Waals surface area contributed by atoms with Crippen molar-refractivity contribution >= 4 is 14.2 Å². The number of carbonyl (C=O) groups excluding carboxylic acids is 1. The highest BCUT2D eigenvalue weighted by atomic mass is 28.4. The van der Waals surface area contributed by atoms with Gasteiger partial charge in [-0.25, -0.2) is 0 Å². The Morgan fingerprint density at radius 3 is 2.58 bits per heavy atom. The van der Waals surface area contributed by atoms with E-state index in [2.05, 4.69) is 50.2 Å². The SMILES string of the molecule is CC1(C)Oc2ccc(C#N)cc2C(NC(=O)c2cccnc2)C1O[Si](C)(C)C(C)(C)C. The normalized spacial score (nSPS) is 20.2. The van der Waals surface area contributed by atoms with E-state index in [-0.39, 0.29) is 10.9 Å². The molecular formula is C24H31N3O3Si. The molecule has 2 atom stereocenters. The van der Waals surface area contributed by atoms with Crippen molar-refractivity contribution in [2.75, 3.05) is 0 Å². The minimum atomic E-state index is -2.21. The van der Waals surface area contributed by atoms with Crippen LogP contribution in [-0.4, -0.2) is 30.9 Å². The van der Waals surface area contributed by atoms with Crippen LogP contribution in [-0.2, 0) is 4.43 Å². The fourth-order valence-corrected chi connectivity index (χ4v) is 4.85. The van der Waals surface area contributed by atoms with E-state index in [0.29, 0.717) is 16.9 Å². The monoisotopic (exact) mass is 437 g/mol. The predicted molar refractivity (Wildman–Crippen MR) is 122 cm³/mol. The zero-order valence-electron chi connectivity index (χ0n) is 19.3. The van der Waals surface area contributed by atoms with Gasteiger partial charge in [0.1, 0.15) is 17.5 Å². The zero-order valence-corrected chi connectivity index (χ0v) is 20.3. The Bertz CT molecular complexity index is 1010. The number of fused-ring (bicyclic) bond motifs is 1. The second-order valence-electron chi connectivity index (χ2n) is 10.1. The first-order valence-corrected chi connectivity index (χ1v) is 13.4. The molecular weight excluding hydrogens is 406 g/mol. The summed E-state index contributed by atoms with van der Waals surface area (Å²) >= 11 is 0. The van der Waals surface area contributed by atoms with Gasteiger partial charge in [0.2, 0.25) is 0 Å². The van der Waals surface area contributed by atoms with Gasteiger partial charge in [0, 0.05) is 18.0 Å². The molecule has 0 spiro atoms. The van der Waals surface area contributed by atoms with Gasteiger partial charge in [0.25, 0.3) is 5.91 Å². The summed E-state index contributed by atoms with van der Waals surface area (Å²) in [5, 5.41) is 12.6. The molecule has 2 unspecified atom stereocenters. The Morgan fingerprint density at radius 1 is 1.29 bits per heavy atom. The number of rotatable bonds is 4. The molecule has 1 aromatic carbocycles. The van der Waals surface area contributed by atoms with Crippen LogP contribution in [0.1, 0.15) is 62.1 Å². The maximum absolute atomic E-state index is 13.1. The molecule has 31 heavy (non-hydrogen) atoms. The summed E-state index contributed by atoms with van der Waals surface area (Å²) in [5.41, 5.74) is 1.03. The molecule has 2 aromatic rings. The van der Waals surface area contributed by atoms with E-state index in [1.807, 2.05) is 13.8 Å². The first-order chi connectivity index (χ1) is 14.4. The lowest BCUT2D eigenvalue weighted by molar-refractivity contribution is -0.0550. The van der Waals surface area contributed by atoms with Gasteiger partial charge in [-0.2, -0.15) is 5.26 Å². The Hall–Kier alpha value is -2.69. The van der Waals surface area contributed by atoms with Crippen LogP contribution in [0.2, 0.25) is 18.1 Å².